The Hall–Kier alpha value is -3.69. The van der Waals surface area contributed by atoms with Crippen LogP contribution < -0.4 is 10.6 Å². The van der Waals surface area contributed by atoms with Gasteiger partial charge in [-0.1, -0.05) is 18.2 Å². The Kier molecular flexibility index (Phi) is 6.29. The maximum atomic E-state index is 13.2. The lowest BCUT2D eigenvalue weighted by molar-refractivity contribution is 0.0735. The summed E-state index contributed by atoms with van der Waals surface area (Å²) in [6, 6.07) is 14.8. The van der Waals surface area contributed by atoms with Gasteiger partial charge in [-0.05, 0) is 48.8 Å². The fraction of sp³-hybridized carbons (Fsp3) is 0.240. The van der Waals surface area contributed by atoms with Gasteiger partial charge < -0.3 is 15.5 Å². The van der Waals surface area contributed by atoms with E-state index < -0.39 is 0 Å². The maximum absolute atomic E-state index is 13.2. The van der Waals surface area contributed by atoms with E-state index in [1.165, 1.54) is 11.5 Å². The Labute approximate surface area is 201 Å². The van der Waals surface area contributed by atoms with Crippen molar-refractivity contribution in [2.75, 3.05) is 31.5 Å². The molecule has 0 atom stereocenters. The van der Waals surface area contributed by atoms with E-state index in [-0.39, 0.29) is 11.8 Å². The molecule has 0 aliphatic carbocycles. The molecule has 4 aromatic rings. The molecule has 0 saturated carbocycles. The van der Waals surface area contributed by atoms with E-state index in [0.29, 0.717) is 42.0 Å². The molecule has 1 aliphatic heterocycles. The quantitative estimate of drug-likeness (QED) is 0.462. The Morgan fingerprint density at radius 2 is 1.88 bits per heavy atom. The highest BCUT2D eigenvalue weighted by atomic mass is 32.1. The average molecular weight is 473 g/mol. The third-order valence-corrected chi connectivity index (χ3v) is 6.71. The number of rotatable bonds is 5. The SMILES string of the molecule is Cc1nsc(Cc2cnc3ccccc3n2)c1C(=O)Nc1cccc(C(=O)N2CCNCC2)c1. The summed E-state index contributed by atoms with van der Waals surface area (Å²) in [6.45, 7) is 4.76. The van der Waals surface area contributed by atoms with Crippen molar-refractivity contribution in [3.8, 4) is 0 Å². The summed E-state index contributed by atoms with van der Waals surface area (Å²) in [7, 11) is 0. The Bertz CT molecular complexity index is 1360. The highest BCUT2D eigenvalue weighted by Crippen LogP contribution is 2.24. The van der Waals surface area contributed by atoms with Crippen LogP contribution in [0, 0.1) is 6.92 Å². The number of carbonyl (C=O) groups excluding carboxylic acids is 2. The van der Waals surface area contributed by atoms with Crippen molar-refractivity contribution in [2.45, 2.75) is 13.3 Å². The number of carbonyl (C=O) groups is 2. The van der Waals surface area contributed by atoms with E-state index in [1.807, 2.05) is 36.1 Å². The molecule has 0 unspecified atom stereocenters. The number of aryl methyl sites for hydroxylation is 1. The molecule has 0 bridgehead atoms. The van der Waals surface area contributed by atoms with Crippen molar-refractivity contribution in [3.05, 3.63) is 82.1 Å². The Morgan fingerprint density at radius 1 is 1.09 bits per heavy atom. The molecular weight excluding hydrogens is 448 g/mol. The molecule has 2 aromatic carbocycles. The minimum Gasteiger partial charge on any atom is -0.336 e. The van der Waals surface area contributed by atoms with Crippen molar-refractivity contribution in [1.82, 2.24) is 24.6 Å². The zero-order valence-electron chi connectivity index (χ0n) is 18.7. The molecule has 172 valence electrons. The molecule has 2 amide bonds. The van der Waals surface area contributed by atoms with Crippen LogP contribution in [0.5, 0.6) is 0 Å². The van der Waals surface area contributed by atoms with Crippen molar-refractivity contribution >= 4 is 40.1 Å². The zero-order chi connectivity index (χ0) is 23.5. The van der Waals surface area contributed by atoms with Crippen molar-refractivity contribution in [1.29, 1.82) is 0 Å². The summed E-state index contributed by atoms with van der Waals surface area (Å²) >= 11 is 1.30. The highest BCUT2D eigenvalue weighted by molar-refractivity contribution is 7.06. The molecule has 3 heterocycles. The lowest BCUT2D eigenvalue weighted by atomic mass is 10.1. The first-order valence-corrected chi connectivity index (χ1v) is 11.9. The number of fused-ring (bicyclic) bond motifs is 1. The van der Waals surface area contributed by atoms with Gasteiger partial charge in [-0.2, -0.15) is 4.37 Å². The number of nitrogens with one attached hydrogen (secondary N) is 2. The largest absolute Gasteiger partial charge is 0.336 e. The topological polar surface area (TPSA) is 100 Å². The van der Waals surface area contributed by atoms with Gasteiger partial charge in [0.25, 0.3) is 11.8 Å². The molecular formula is C25H24N6O2S. The first-order valence-electron chi connectivity index (χ1n) is 11.2. The van der Waals surface area contributed by atoms with E-state index in [2.05, 4.69) is 25.0 Å². The van der Waals surface area contributed by atoms with Crippen LogP contribution >= 0.6 is 11.5 Å². The molecule has 0 radical (unpaired) electrons. The normalized spacial score (nSPS) is 13.7. The van der Waals surface area contributed by atoms with Gasteiger partial charge in [-0.3, -0.25) is 14.6 Å². The van der Waals surface area contributed by atoms with Gasteiger partial charge in [0.05, 0.1) is 28.0 Å². The van der Waals surface area contributed by atoms with Crippen LogP contribution in [-0.2, 0) is 6.42 Å². The predicted molar refractivity (Wildman–Crippen MR) is 132 cm³/mol. The van der Waals surface area contributed by atoms with Crippen LogP contribution in [0.4, 0.5) is 5.69 Å². The van der Waals surface area contributed by atoms with Crippen LogP contribution in [0.1, 0.15) is 37.0 Å². The second-order valence-electron chi connectivity index (χ2n) is 8.17. The van der Waals surface area contributed by atoms with Gasteiger partial charge >= 0.3 is 0 Å². The van der Waals surface area contributed by atoms with Gasteiger partial charge in [-0.15, -0.1) is 0 Å². The van der Waals surface area contributed by atoms with Crippen molar-refractivity contribution in [3.63, 3.8) is 0 Å². The molecule has 1 saturated heterocycles. The van der Waals surface area contributed by atoms with Crippen LogP contribution in [0.2, 0.25) is 0 Å². The third-order valence-electron chi connectivity index (χ3n) is 5.77. The monoisotopic (exact) mass is 472 g/mol. The second kappa shape index (κ2) is 9.66. The lowest BCUT2D eigenvalue weighted by Crippen LogP contribution is -2.46. The first kappa shape index (κ1) is 22.1. The number of para-hydroxylation sites is 2. The number of hydrogen-bond acceptors (Lipinski definition) is 7. The average Bonchev–Trinajstić information content (AvgIpc) is 3.24. The Balaban J connectivity index is 1.34. The molecule has 1 aliphatic rings. The number of nitrogens with zero attached hydrogens (tertiary/aromatic N) is 4. The van der Waals surface area contributed by atoms with Gasteiger partial charge in [0.15, 0.2) is 0 Å². The third kappa shape index (κ3) is 4.66. The minimum absolute atomic E-state index is 0.0263. The second-order valence-corrected chi connectivity index (χ2v) is 9.03. The molecule has 8 nitrogen and oxygen atoms in total. The fourth-order valence-electron chi connectivity index (χ4n) is 4.05. The number of aromatic nitrogens is 3. The number of amides is 2. The molecule has 5 rings (SSSR count). The number of anilines is 1. The van der Waals surface area contributed by atoms with Crippen molar-refractivity contribution in [2.24, 2.45) is 0 Å². The van der Waals surface area contributed by atoms with Crippen LogP contribution in [-0.4, -0.2) is 57.2 Å². The van der Waals surface area contributed by atoms with E-state index in [9.17, 15) is 9.59 Å². The van der Waals surface area contributed by atoms with Crippen molar-refractivity contribution < 1.29 is 9.59 Å². The minimum atomic E-state index is -0.248. The lowest BCUT2D eigenvalue weighted by Gasteiger charge is -2.27. The standard InChI is InChI=1S/C25H24N6O2S/c1-16-23(22(34-30-16)14-19-15-27-20-7-2-3-8-21(20)28-19)24(32)29-18-6-4-5-17(13-18)25(33)31-11-9-26-10-12-31/h2-8,13,15,26H,9-12,14H2,1H3,(H,29,32). The van der Waals surface area contributed by atoms with Crippen LogP contribution in [0.15, 0.2) is 54.7 Å². The number of benzene rings is 2. The summed E-state index contributed by atoms with van der Waals surface area (Å²) in [4.78, 5) is 37.9. The van der Waals surface area contributed by atoms with E-state index in [4.69, 9.17) is 0 Å². The number of piperazine rings is 1. The molecule has 9 heteroatoms. The summed E-state index contributed by atoms with van der Waals surface area (Å²) < 4.78 is 4.41. The Morgan fingerprint density at radius 3 is 2.71 bits per heavy atom. The summed E-state index contributed by atoms with van der Waals surface area (Å²) in [6.07, 6.45) is 2.21. The summed E-state index contributed by atoms with van der Waals surface area (Å²) in [5.74, 6) is -0.275. The van der Waals surface area contributed by atoms with Crippen LogP contribution in [0.3, 0.4) is 0 Å². The molecule has 2 N–H and O–H groups in total. The van der Waals surface area contributed by atoms with Crippen LogP contribution in [0.25, 0.3) is 11.0 Å². The predicted octanol–water partition coefficient (Wildman–Crippen LogP) is 3.28. The van der Waals surface area contributed by atoms with Gasteiger partial charge in [-0.25, -0.2) is 4.98 Å². The van der Waals surface area contributed by atoms with Gasteiger partial charge in [0.1, 0.15) is 0 Å². The molecule has 2 aromatic heterocycles. The summed E-state index contributed by atoms with van der Waals surface area (Å²) in [5, 5.41) is 6.19. The van der Waals surface area contributed by atoms with Gasteiger partial charge in [0.2, 0.25) is 0 Å². The maximum Gasteiger partial charge on any atom is 0.258 e. The first-order chi connectivity index (χ1) is 16.6. The highest BCUT2D eigenvalue weighted by Gasteiger charge is 2.21. The van der Waals surface area contributed by atoms with E-state index in [1.54, 1.807) is 30.5 Å². The van der Waals surface area contributed by atoms with Gasteiger partial charge in [0, 0.05) is 54.9 Å². The van der Waals surface area contributed by atoms with E-state index >= 15 is 0 Å². The fourth-order valence-corrected chi connectivity index (χ4v) is 4.93. The summed E-state index contributed by atoms with van der Waals surface area (Å²) in [5.41, 5.74) is 4.77. The molecule has 34 heavy (non-hydrogen) atoms. The smallest absolute Gasteiger partial charge is 0.258 e. The van der Waals surface area contributed by atoms with E-state index in [0.717, 1.165) is 34.7 Å². The molecule has 1 fully saturated rings. The zero-order valence-corrected chi connectivity index (χ0v) is 19.6. The number of hydrogen-bond donors (Lipinski definition) is 2. The molecule has 0 spiro atoms.